The zero-order valence-electron chi connectivity index (χ0n) is 11.3. The summed E-state index contributed by atoms with van der Waals surface area (Å²) in [4.78, 5) is 28.1. The molecule has 0 bridgehead atoms. The van der Waals surface area contributed by atoms with Gasteiger partial charge in [-0.25, -0.2) is 4.98 Å². The van der Waals surface area contributed by atoms with Crippen LogP contribution in [0.4, 0.5) is 0 Å². The molecule has 0 saturated carbocycles. The number of carbonyl (C=O) groups is 2. The van der Waals surface area contributed by atoms with E-state index in [2.05, 4.69) is 15.8 Å². The Morgan fingerprint density at radius 3 is 2.45 bits per heavy atom. The largest absolute Gasteiger partial charge is 0.289 e. The molecule has 5 nitrogen and oxygen atoms in total. The van der Waals surface area contributed by atoms with E-state index in [1.54, 1.807) is 41.0 Å². The minimum atomic E-state index is -0.443. The number of benzene rings is 1. The SMILES string of the molecule is O=C(NNC(=O)c1csc(-c2ccsc2)n1)c1ccccc1. The summed E-state index contributed by atoms with van der Waals surface area (Å²) in [6.45, 7) is 0. The van der Waals surface area contributed by atoms with Gasteiger partial charge in [-0.05, 0) is 23.6 Å². The Morgan fingerprint density at radius 1 is 0.955 bits per heavy atom. The lowest BCUT2D eigenvalue weighted by atomic mass is 10.2. The predicted molar refractivity (Wildman–Crippen MR) is 86.8 cm³/mol. The predicted octanol–water partition coefficient (Wildman–Crippen LogP) is 2.95. The van der Waals surface area contributed by atoms with Crippen LogP contribution in [0.25, 0.3) is 10.6 Å². The number of carbonyl (C=O) groups excluding carboxylic acids is 2. The molecule has 3 aromatic rings. The van der Waals surface area contributed by atoms with E-state index >= 15 is 0 Å². The van der Waals surface area contributed by atoms with E-state index < -0.39 is 5.91 Å². The summed E-state index contributed by atoms with van der Waals surface area (Å²) in [7, 11) is 0. The second-order valence-corrected chi connectivity index (χ2v) is 5.96. The van der Waals surface area contributed by atoms with E-state index in [0.29, 0.717) is 5.56 Å². The third kappa shape index (κ3) is 3.21. The Kier molecular flexibility index (Phi) is 4.27. The first kappa shape index (κ1) is 14.4. The highest BCUT2D eigenvalue weighted by molar-refractivity contribution is 7.14. The first-order valence-electron chi connectivity index (χ1n) is 6.38. The van der Waals surface area contributed by atoms with Gasteiger partial charge in [-0.15, -0.1) is 11.3 Å². The highest BCUT2D eigenvalue weighted by atomic mass is 32.1. The van der Waals surface area contributed by atoms with Gasteiger partial charge in [0.1, 0.15) is 10.7 Å². The third-order valence-corrected chi connectivity index (χ3v) is 4.41. The standard InChI is InChI=1S/C15H11N3O2S2/c19-13(10-4-2-1-3-5-10)17-18-14(20)12-9-22-15(16-12)11-6-7-21-8-11/h1-9H,(H,17,19)(H,18,20). The van der Waals surface area contributed by atoms with Crippen molar-refractivity contribution in [3.63, 3.8) is 0 Å². The number of thiophene rings is 1. The average Bonchev–Trinajstić information content (AvgIpc) is 3.23. The van der Waals surface area contributed by atoms with Crippen LogP contribution in [0.2, 0.25) is 0 Å². The summed E-state index contributed by atoms with van der Waals surface area (Å²) < 4.78 is 0. The lowest BCUT2D eigenvalue weighted by Crippen LogP contribution is -2.41. The number of rotatable bonds is 3. The number of nitrogens with one attached hydrogen (secondary N) is 2. The lowest BCUT2D eigenvalue weighted by molar-refractivity contribution is 0.0844. The van der Waals surface area contributed by atoms with Gasteiger partial charge in [0.25, 0.3) is 11.8 Å². The van der Waals surface area contributed by atoms with Crippen LogP contribution in [-0.4, -0.2) is 16.8 Å². The van der Waals surface area contributed by atoms with Crippen LogP contribution in [0, 0.1) is 0 Å². The van der Waals surface area contributed by atoms with Gasteiger partial charge >= 0.3 is 0 Å². The highest BCUT2D eigenvalue weighted by Crippen LogP contribution is 2.25. The molecule has 2 heterocycles. The fraction of sp³-hybridized carbons (Fsp3) is 0. The minimum Gasteiger partial charge on any atom is -0.267 e. The van der Waals surface area contributed by atoms with Gasteiger partial charge in [-0.2, -0.15) is 11.3 Å². The molecule has 2 amide bonds. The van der Waals surface area contributed by atoms with Crippen molar-refractivity contribution in [3.05, 3.63) is 63.8 Å². The second-order valence-electron chi connectivity index (χ2n) is 4.32. The van der Waals surface area contributed by atoms with E-state index in [1.807, 2.05) is 22.9 Å². The maximum Gasteiger partial charge on any atom is 0.289 e. The van der Waals surface area contributed by atoms with Crippen molar-refractivity contribution in [2.75, 3.05) is 0 Å². The molecule has 0 atom stereocenters. The van der Waals surface area contributed by atoms with E-state index in [1.165, 1.54) is 11.3 Å². The molecule has 7 heteroatoms. The summed E-state index contributed by atoms with van der Waals surface area (Å²) in [5.41, 5.74) is 6.47. The van der Waals surface area contributed by atoms with E-state index in [-0.39, 0.29) is 11.6 Å². The summed E-state index contributed by atoms with van der Waals surface area (Å²) in [5.74, 6) is -0.816. The zero-order valence-corrected chi connectivity index (χ0v) is 12.9. The van der Waals surface area contributed by atoms with Crippen molar-refractivity contribution >= 4 is 34.5 Å². The van der Waals surface area contributed by atoms with Gasteiger partial charge in [-0.1, -0.05) is 18.2 Å². The van der Waals surface area contributed by atoms with Crippen LogP contribution in [0.3, 0.4) is 0 Å². The smallest absolute Gasteiger partial charge is 0.267 e. The van der Waals surface area contributed by atoms with Gasteiger partial charge in [0.15, 0.2) is 0 Å². The van der Waals surface area contributed by atoms with Gasteiger partial charge in [0, 0.05) is 21.9 Å². The molecule has 110 valence electrons. The van der Waals surface area contributed by atoms with Crippen molar-refractivity contribution in [1.29, 1.82) is 0 Å². The van der Waals surface area contributed by atoms with Gasteiger partial charge < -0.3 is 0 Å². The topological polar surface area (TPSA) is 71.1 Å². The molecule has 3 rings (SSSR count). The molecule has 0 saturated heterocycles. The first-order chi connectivity index (χ1) is 10.7. The Morgan fingerprint density at radius 2 is 1.73 bits per heavy atom. The maximum atomic E-state index is 12.0. The quantitative estimate of drug-likeness (QED) is 0.726. The average molecular weight is 329 g/mol. The van der Waals surface area contributed by atoms with Crippen molar-refractivity contribution in [2.45, 2.75) is 0 Å². The van der Waals surface area contributed by atoms with Crippen LogP contribution in [-0.2, 0) is 0 Å². The van der Waals surface area contributed by atoms with Gasteiger partial charge in [-0.3, -0.25) is 20.4 Å². The molecule has 0 aliphatic carbocycles. The Balaban J connectivity index is 1.62. The minimum absolute atomic E-state index is 0.277. The molecule has 2 N–H and O–H groups in total. The number of thiazole rings is 1. The maximum absolute atomic E-state index is 12.0. The van der Waals surface area contributed by atoms with Crippen LogP contribution in [0.1, 0.15) is 20.8 Å². The Hall–Kier alpha value is -2.51. The van der Waals surface area contributed by atoms with E-state index in [0.717, 1.165) is 10.6 Å². The number of aromatic nitrogens is 1. The second kappa shape index (κ2) is 6.50. The molecule has 0 fully saturated rings. The summed E-state index contributed by atoms with van der Waals surface area (Å²) >= 11 is 2.96. The molecular formula is C15H11N3O2S2. The summed E-state index contributed by atoms with van der Waals surface area (Å²) in [6.07, 6.45) is 0. The Labute approximate surface area is 134 Å². The fourth-order valence-electron chi connectivity index (χ4n) is 1.74. The number of hydrogen-bond donors (Lipinski definition) is 2. The van der Waals surface area contributed by atoms with Crippen molar-refractivity contribution in [3.8, 4) is 10.6 Å². The van der Waals surface area contributed by atoms with Crippen LogP contribution >= 0.6 is 22.7 Å². The molecule has 0 aliphatic heterocycles. The molecule has 22 heavy (non-hydrogen) atoms. The molecule has 2 aromatic heterocycles. The molecule has 1 aromatic carbocycles. The van der Waals surface area contributed by atoms with Gasteiger partial charge in [0.05, 0.1) is 0 Å². The highest BCUT2D eigenvalue weighted by Gasteiger charge is 2.13. The number of hydrazine groups is 1. The summed E-state index contributed by atoms with van der Waals surface area (Å²) in [6, 6.07) is 10.6. The number of nitrogens with zero attached hydrogens (tertiary/aromatic N) is 1. The summed E-state index contributed by atoms with van der Waals surface area (Å²) in [5, 5.41) is 6.37. The molecule has 0 spiro atoms. The number of hydrogen-bond acceptors (Lipinski definition) is 5. The first-order valence-corrected chi connectivity index (χ1v) is 8.20. The van der Waals surface area contributed by atoms with Crippen LogP contribution in [0.5, 0.6) is 0 Å². The van der Waals surface area contributed by atoms with Crippen LogP contribution in [0.15, 0.2) is 52.5 Å². The van der Waals surface area contributed by atoms with Crippen molar-refractivity contribution in [2.24, 2.45) is 0 Å². The Bertz CT molecular complexity index is 782. The third-order valence-electron chi connectivity index (χ3n) is 2.83. The monoisotopic (exact) mass is 329 g/mol. The molecule has 0 unspecified atom stereocenters. The molecule has 0 aliphatic rings. The van der Waals surface area contributed by atoms with Crippen molar-refractivity contribution < 1.29 is 9.59 Å². The van der Waals surface area contributed by atoms with Crippen LogP contribution < -0.4 is 10.9 Å². The number of amides is 2. The lowest BCUT2D eigenvalue weighted by Gasteiger charge is -2.05. The molecular weight excluding hydrogens is 318 g/mol. The van der Waals surface area contributed by atoms with E-state index in [4.69, 9.17) is 0 Å². The van der Waals surface area contributed by atoms with Gasteiger partial charge in [0.2, 0.25) is 0 Å². The fourth-order valence-corrected chi connectivity index (χ4v) is 3.25. The molecule has 0 radical (unpaired) electrons. The zero-order chi connectivity index (χ0) is 15.4. The normalized spacial score (nSPS) is 10.2. The van der Waals surface area contributed by atoms with E-state index in [9.17, 15) is 9.59 Å². The van der Waals surface area contributed by atoms with Crippen molar-refractivity contribution in [1.82, 2.24) is 15.8 Å².